The summed E-state index contributed by atoms with van der Waals surface area (Å²) in [5.74, 6) is 1.25. The molecule has 0 saturated heterocycles. The molecule has 0 aliphatic rings. The highest BCUT2D eigenvalue weighted by molar-refractivity contribution is 5.12. The second-order valence-electron chi connectivity index (χ2n) is 4.88. The van der Waals surface area contributed by atoms with Crippen LogP contribution in [0.1, 0.15) is 58.0 Å². The fourth-order valence-corrected chi connectivity index (χ4v) is 2.63. The molecule has 0 spiro atoms. The summed E-state index contributed by atoms with van der Waals surface area (Å²) in [6, 6.07) is 0. The van der Waals surface area contributed by atoms with Crippen molar-refractivity contribution in [3.05, 3.63) is 17.7 Å². The van der Waals surface area contributed by atoms with E-state index in [0.717, 1.165) is 5.69 Å². The molecule has 1 aromatic heterocycles. The first-order chi connectivity index (χ1) is 7.03. The lowest BCUT2D eigenvalue weighted by atomic mass is 9.80. The molecule has 0 radical (unpaired) electrons. The highest BCUT2D eigenvalue weighted by Gasteiger charge is 2.28. The molecule has 1 heterocycles. The van der Waals surface area contributed by atoms with Gasteiger partial charge in [0.15, 0.2) is 0 Å². The fraction of sp³-hybridized carbons (Fsp3) is 0.769. The molecule has 0 fully saturated rings. The van der Waals surface area contributed by atoms with E-state index in [0.29, 0.717) is 0 Å². The Labute approximate surface area is 93.7 Å². The van der Waals surface area contributed by atoms with Gasteiger partial charge >= 0.3 is 0 Å². The first-order valence-corrected chi connectivity index (χ1v) is 6.04. The Balaban J connectivity index is 3.02. The molecule has 86 valence electrons. The average molecular weight is 208 g/mol. The topological polar surface area (TPSA) is 17.8 Å². The number of hydrogen-bond acceptors (Lipinski definition) is 1. The molecule has 0 N–H and O–H groups in total. The zero-order valence-corrected chi connectivity index (χ0v) is 10.8. The summed E-state index contributed by atoms with van der Waals surface area (Å²) in [5.41, 5.74) is 1.39. The maximum absolute atomic E-state index is 4.68. The number of aryl methyl sites for hydroxylation is 2. The van der Waals surface area contributed by atoms with Gasteiger partial charge in [-0.05, 0) is 19.8 Å². The zero-order chi connectivity index (χ0) is 11.5. The van der Waals surface area contributed by atoms with Crippen LogP contribution in [0.25, 0.3) is 0 Å². The van der Waals surface area contributed by atoms with Crippen LogP contribution in [0.15, 0.2) is 6.20 Å². The van der Waals surface area contributed by atoms with Crippen LogP contribution in [0.4, 0.5) is 0 Å². The van der Waals surface area contributed by atoms with Crippen LogP contribution in [0.2, 0.25) is 0 Å². The lowest BCUT2D eigenvalue weighted by molar-refractivity contribution is 0.360. The van der Waals surface area contributed by atoms with Gasteiger partial charge in [0.2, 0.25) is 0 Å². The zero-order valence-electron chi connectivity index (χ0n) is 10.8. The number of rotatable bonds is 5. The van der Waals surface area contributed by atoms with E-state index < -0.39 is 0 Å². The SMILES string of the molecule is CCCC(C)(CCC)c1nc(C)cn1C. The highest BCUT2D eigenvalue weighted by Crippen LogP contribution is 2.32. The normalized spacial score (nSPS) is 12.1. The Hall–Kier alpha value is -0.790. The largest absolute Gasteiger partial charge is 0.337 e. The smallest absolute Gasteiger partial charge is 0.114 e. The monoisotopic (exact) mass is 208 g/mol. The first-order valence-electron chi connectivity index (χ1n) is 6.04. The fourth-order valence-electron chi connectivity index (χ4n) is 2.63. The van der Waals surface area contributed by atoms with Gasteiger partial charge in [-0.15, -0.1) is 0 Å². The van der Waals surface area contributed by atoms with Crippen molar-refractivity contribution in [2.45, 2.75) is 58.8 Å². The highest BCUT2D eigenvalue weighted by atomic mass is 15.1. The molecule has 0 aliphatic carbocycles. The lowest BCUT2D eigenvalue weighted by Gasteiger charge is -2.28. The minimum absolute atomic E-state index is 0.256. The minimum Gasteiger partial charge on any atom is -0.337 e. The maximum Gasteiger partial charge on any atom is 0.114 e. The second kappa shape index (κ2) is 4.82. The van der Waals surface area contributed by atoms with E-state index in [1.54, 1.807) is 0 Å². The van der Waals surface area contributed by atoms with Gasteiger partial charge in [0.1, 0.15) is 5.82 Å². The molecule has 0 saturated carbocycles. The molecule has 0 amide bonds. The van der Waals surface area contributed by atoms with Crippen LogP contribution in [0.5, 0.6) is 0 Å². The Bertz CT molecular complexity index is 306. The third-order valence-corrected chi connectivity index (χ3v) is 3.14. The van der Waals surface area contributed by atoms with Crippen molar-refractivity contribution in [1.29, 1.82) is 0 Å². The van der Waals surface area contributed by atoms with Crippen molar-refractivity contribution >= 4 is 0 Å². The van der Waals surface area contributed by atoms with Crippen molar-refractivity contribution in [3.8, 4) is 0 Å². The minimum atomic E-state index is 0.256. The second-order valence-corrected chi connectivity index (χ2v) is 4.88. The summed E-state index contributed by atoms with van der Waals surface area (Å²) in [7, 11) is 2.11. The van der Waals surface area contributed by atoms with E-state index in [4.69, 9.17) is 0 Å². The molecule has 0 unspecified atom stereocenters. The molecular formula is C13H24N2. The van der Waals surface area contributed by atoms with Gasteiger partial charge in [-0.2, -0.15) is 0 Å². The molecule has 0 bridgehead atoms. The summed E-state index contributed by atoms with van der Waals surface area (Å²) >= 11 is 0. The van der Waals surface area contributed by atoms with Crippen LogP contribution in [-0.2, 0) is 12.5 Å². The van der Waals surface area contributed by atoms with Crippen molar-refractivity contribution in [1.82, 2.24) is 9.55 Å². The molecule has 2 nitrogen and oxygen atoms in total. The molecule has 0 aliphatic heterocycles. The van der Waals surface area contributed by atoms with E-state index in [1.165, 1.54) is 31.5 Å². The van der Waals surface area contributed by atoms with Crippen LogP contribution >= 0.6 is 0 Å². The Kier molecular flexibility index (Phi) is 3.95. The quantitative estimate of drug-likeness (QED) is 0.723. The number of aromatic nitrogens is 2. The lowest BCUT2D eigenvalue weighted by Crippen LogP contribution is -2.25. The molecule has 0 atom stereocenters. The molecule has 1 rings (SSSR count). The van der Waals surface area contributed by atoms with E-state index >= 15 is 0 Å². The van der Waals surface area contributed by atoms with Gasteiger partial charge in [0.05, 0.1) is 5.69 Å². The molecule has 0 aromatic carbocycles. The molecular weight excluding hydrogens is 184 g/mol. The van der Waals surface area contributed by atoms with Gasteiger partial charge in [-0.3, -0.25) is 0 Å². The van der Waals surface area contributed by atoms with Gasteiger partial charge in [0.25, 0.3) is 0 Å². The van der Waals surface area contributed by atoms with Crippen molar-refractivity contribution in [3.63, 3.8) is 0 Å². The van der Waals surface area contributed by atoms with Crippen molar-refractivity contribution in [2.75, 3.05) is 0 Å². The predicted molar refractivity (Wildman–Crippen MR) is 65.1 cm³/mol. The molecule has 15 heavy (non-hydrogen) atoms. The van der Waals surface area contributed by atoms with Gasteiger partial charge in [0, 0.05) is 18.7 Å². The van der Waals surface area contributed by atoms with Crippen LogP contribution in [0.3, 0.4) is 0 Å². The van der Waals surface area contributed by atoms with E-state index in [9.17, 15) is 0 Å². The van der Waals surface area contributed by atoms with E-state index in [2.05, 4.69) is 50.5 Å². The summed E-state index contributed by atoms with van der Waals surface area (Å²) in [6.07, 6.45) is 7.03. The summed E-state index contributed by atoms with van der Waals surface area (Å²) in [4.78, 5) is 4.68. The van der Waals surface area contributed by atoms with Gasteiger partial charge < -0.3 is 4.57 Å². The van der Waals surface area contributed by atoms with Gasteiger partial charge in [-0.25, -0.2) is 4.98 Å². The summed E-state index contributed by atoms with van der Waals surface area (Å²) < 4.78 is 2.20. The third kappa shape index (κ3) is 2.61. The van der Waals surface area contributed by atoms with Crippen molar-refractivity contribution in [2.24, 2.45) is 7.05 Å². The molecule has 2 heteroatoms. The average Bonchev–Trinajstić information content (AvgIpc) is 2.46. The molecule has 1 aromatic rings. The Morgan fingerprint density at radius 2 is 1.80 bits per heavy atom. The summed E-state index contributed by atoms with van der Waals surface area (Å²) in [6.45, 7) is 8.93. The number of nitrogens with zero attached hydrogens (tertiary/aromatic N) is 2. The maximum atomic E-state index is 4.68. The first kappa shape index (κ1) is 12.3. The van der Waals surface area contributed by atoms with Gasteiger partial charge in [-0.1, -0.05) is 33.6 Å². The van der Waals surface area contributed by atoms with E-state index in [-0.39, 0.29) is 5.41 Å². The van der Waals surface area contributed by atoms with Crippen LogP contribution in [-0.4, -0.2) is 9.55 Å². The van der Waals surface area contributed by atoms with E-state index in [1.807, 2.05) is 0 Å². The number of hydrogen-bond donors (Lipinski definition) is 0. The van der Waals surface area contributed by atoms with Crippen LogP contribution in [0, 0.1) is 6.92 Å². The number of imidazole rings is 1. The predicted octanol–water partition coefficient (Wildman–Crippen LogP) is 3.59. The Morgan fingerprint density at radius 1 is 1.27 bits per heavy atom. The summed E-state index contributed by atoms with van der Waals surface area (Å²) in [5, 5.41) is 0. The van der Waals surface area contributed by atoms with Crippen LogP contribution < -0.4 is 0 Å². The standard InChI is InChI=1S/C13H24N2/c1-6-8-13(4,9-7-2)12-14-11(3)10-15(12)5/h10H,6-9H2,1-5H3. The van der Waals surface area contributed by atoms with Crippen molar-refractivity contribution < 1.29 is 0 Å². The third-order valence-electron chi connectivity index (χ3n) is 3.14. The Morgan fingerprint density at radius 3 is 2.13 bits per heavy atom.